The number of hydrogen-bond acceptors (Lipinski definition) is 5. The van der Waals surface area contributed by atoms with Crippen LogP contribution >= 0.6 is 0 Å². The van der Waals surface area contributed by atoms with Crippen molar-refractivity contribution >= 4 is 5.82 Å². The van der Waals surface area contributed by atoms with Crippen LogP contribution in [0, 0.1) is 13.8 Å². The van der Waals surface area contributed by atoms with E-state index in [1.165, 1.54) is 0 Å². The summed E-state index contributed by atoms with van der Waals surface area (Å²) in [6, 6.07) is 0. The Morgan fingerprint density at radius 1 is 1.17 bits per heavy atom. The first kappa shape index (κ1) is 14.9. The van der Waals surface area contributed by atoms with Crippen LogP contribution in [0.15, 0.2) is 0 Å². The summed E-state index contributed by atoms with van der Waals surface area (Å²) >= 11 is 0. The fraction of sp³-hybridized carbons (Fsp3) is 0.692. The highest BCUT2D eigenvalue weighted by Gasteiger charge is 2.13. The van der Waals surface area contributed by atoms with Gasteiger partial charge in [0, 0.05) is 32.3 Å². The van der Waals surface area contributed by atoms with Crippen molar-refractivity contribution in [3.05, 3.63) is 16.8 Å². The van der Waals surface area contributed by atoms with Crippen LogP contribution in [-0.4, -0.2) is 35.5 Å². The van der Waals surface area contributed by atoms with E-state index >= 15 is 0 Å². The predicted octanol–water partition coefficient (Wildman–Crippen LogP) is 1.15. The molecule has 1 aromatic rings. The van der Waals surface area contributed by atoms with E-state index in [2.05, 4.69) is 15.1 Å². The molecule has 0 saturated heterocycles. The molecule has 5 nitrogen and oxygen atoms in total. The largest absolute Gasteiger partial charge is 0.396 e. The quantitative estimate of drug-likeness (QED) is 0.712. The number of anilines is 1. The van der Waals surface area contributed by atoms with Gasteiger partial charge < -0.3 is 15.7 Å². The molecule has 0 aliphatic rings. The van der Waals surface area contributed by atoms with E-state index in [1.807, 2.05) is 20.9 Å². The lowest BCUT2D eigenvalue weighted by Gasteiger charge is -2.21. The Labute approximate surface area is 109 Å². The summed E-state index contributed by atoms with van der Waals surface area (Å²) in [4.78, 5) is 2.10. The molecular formula is C13H24N4O. The zero-order chi connectivity index (χ0) is 13.5. The Kier molecular flexibility index (Phi) is 6.01. The third kappa shape index (κ3) is 3.65. The Hall–Kier alpha value is -1.20. The monoisotopic (exact) mass is 252 g/mol. The lowest BCUT2D eigenvalue weighted by Crippen LogP contribution is -2.23. The van der Waals surface area contributed by atoms with Gasteiger partial charge in [0.1, 0.15) is 0 Å². The molecule has 0 aliphatic heterocycles. The van der Waals surface area contributed by atoms with Crippen LogP contribution in [0.5, 0.6) is 0 Å². The van der Waals surface area contributed by atoms with Crippen molar-refractivity contribution < 1.29 is 5.11 Å². The fourth-order valence-electron chi connectivity index (χ4n) is 1.94. The minimum Gasteiger partial charge on any atom is -0.396 e. The second-order valence-corrected chi connectivity index (χ2v) is 4.62. The molecule has 0 saturated carbocycles. The van der Waals surface area contributed by atoms with E-state index in [0.717, 1.165) is 48.4 Å². The number of aryl methyl sites for hydroxylation is 1. The molecule has 0 amide bonds. The first-order valence-corrected chi connectivity index (χ1v) is 6.46. The van der Waals surface area contributed by atoms with Crippen molar-refractivity contribution in [1.29, 1.82) is 0 Å². The standard InChI is InChI=1S/C13H24N4O/c1-10-11(2)15-16-13(12(10)9-14)17(3)7-5-4-6-8-18/h18H,4-9,14H2,1-3H3. The first-order valence-electron chi connectivity index (χ1n) is 6.46. The van der Waals surface area contributed by atoms with Gasteiger partial charge in [-0.15, -0.1) is 5.10 Å². The SMILES string of the molecule is Cc1nnc(N(C)CCCCCO)c(CN)c1C. The molecule has 0 aromatic carbocycles. The number of aliphatic hydroxyl groups is 1. The molecule has 1 rings (SSSR count). The maximum Gasteiger partial charge on any atom is 0.155 e. The molecule has 102 valence electrons. The van der Waals surface area contributed by atoms with Crippen LogP contribution in [-0.2, 0) is 6.54 Å². The summed E-state index contributed by atoms with van der Waals surface area (Å²) in [6.45, 7) is 5.64. The fourth-order valence-corrected chi connectivity index (χ4v) is 1.94. The van der Waals surface area contributed by atoms with Crippen molar-refractivity contribution in [3.63, 3.8) is 0 Å². The molecule has 5 heteroatoms. The summed E-state index contributed by atoms with van der Waals surface area (Å²) in [7, 11) is 2.01. The summed E-state index contributed by atoms with van der Waals surface area (Å²) < 4.78 is 0. The van der Waals surface area contributed by atoms with Crippen LogP contribution in [0.25, 0.3) is 0 Å². The third-order valence-electron chi connectivity index (χ3n) is 3.28. The summed E-state index contributed by atoms with van der Waals surface area (Å²) in [5.74, 6) is 0.879. The smallest absolute Gasteiger partial charge is 0.155 e. The Bertz CT molecular complexity index is 381. The van der Waals surface area contributed by atoms with Gasteiger partial charge in [-0.2, -0.15) is 5.10 Å². The van der Waals surface area contributed by atoms with Gasteiger partial charge in [-0.05, 0) is 38.7 Å². The zero-order valence-electron chi connectivity index (χ0n) is 11.6. The molecule has 18 heavy (non-hydrogen) atoms. The highest BCUT2D eigenvalue weighted by molar-refractivity contribution is 5.49. The van der Waals surface area contributed by atoms with Crippen LogP contribution in [0.3, 0.4) is 0 Å². The van der Waals surface area contributed by atoms with Gasteiger partial charge in [0.05, 0.1) is 5.69 Å². The topological polar surface area (TPSA) is 75.3 Å². The molecule has 1 heterocycles. The molecular weight excluding hydrogens is 228 g/mol. The van der Waals surface area contributed by atoms with Crippen LogP contribution in [0.1, 0.15) is 36.1 Å². The summed E-state index contributed by atoms with van der Waals surface area (Å²) in [5, 5.41) is 17.2. The first-order chi connectivity index (χ1) is 8.61. The Morgan fingerprint density at radius 2 is 1.89 bits per heavy atom. The van der Waals surface area contributed by atoms with Gasteiger partial charge in [-0.1, -0.05) is 0 Å². The van der Waals surface area contributed by atoms with Gasteiger partial charge in [-0.25, -0.2) is 0 Å². The second-order valence-electron chi connectivity index (χ2n) is 4.62. The van der Waals surface area contributed by atoms with Crippen molar-refractivity contribution in [2.75, 3.05) is 25.1 Å². The van der Waals surface area contributed by atoms with Crippen molar-refractivity contribution in [1.82, 2.24) is 10.2 Å². The number of hydrogen-bond donors (Lipinski definition) is 2. The lowest BCUT2D eigenvalue weighted by atomic mass is 10.1. The minimum absolute atomic E-state index is 0.265. The Balaban J connectivity index is 2.73. The number of unbranched alkanes of at least 4 members (excludes halogenated alkanes) is 2. The molecule has 0 spiro atoms. The molecule has 3 N–H and O–H groups in total. The second kappa shape index (κ2) is 7.28. The molecule has 0 aliphatic carbocycles. The van der Waals surface area contributed by atoms with Crippen molar-refractivity contribution in [2.45, 2.75) is 39.7 Å². The van der Waals surface area contributed by atoms with E-state index in [0.29, 0.717) is 6.54 Å². The van der Waals surface area contributed by atoms with Gasteiger partial charge >= 0.3 is 0 Å². The van der Waals surface area contributed by atoms with E-state index in [9.17, 15) is 0 Å². The highest BCUT2D eigenvalue weighted by atomic mass is 16.2. The number of aromatic nitrogens is 2. The number of rotatable bonds is 7. The zero-order valence-corrected chi connectivity index (χ0v) is 11.6. The average Bonchev–Trinajstić information content (AvgIpc) is 2.37. The normalized spacial score (nSPS) is 10.7. The maximum absolute atomic E-state index is 8.75. The van der Waals surface area contributed by atoms with E-state index in [-0.39, 0.29) is 6.61 Å². The van der Waals surface area contributed by atoms with E-state index < -0.39 is 0 Å². The molecule has 0 bridgehead atoms. The van der Waals surface area contributed by atoms with Gasteiger partial charge in [0.25, 0.3) is 0 Å². The van der Waals surface area contributed by atoms with E-state index in [1.54, 1.807) is 0 Å². The Morgan fingerprint density at radius 3 is 2.50 bits per heavy atom. The van der Waals surface area contributed by atoms with Crippen molar-refractivity contribution in [2.24, 2.45) is 5.73 Å². The number of nitrogens with zero attached hydrogens (tertiary/aromatic N) is 3. The molecule has 0 atom stereocenters. The molecule has 1 aromatic heterocycles. The van der Waals surface area contributed by atoms with Crippen LogP contribution in [0.4, 0.5) is 5.82 Å². The van der Waals surface area contributed by atoms with Gasteiger partial charge in [0.2, 0.25) is 0 Å². The van der Waals surface area contributed by atoms with Crippen LogP contribution in [0.2, 0.25) is 0 Å². The molecule has 0 fully saturated rings. The molecule has 0 unspecified atom stereocenters. The minimum atomic E-state index is 0.265. The number of nitrogens with two attached hydrogens (primary N) is 1. The predicted molar refractivity (Wildman–Crippen MR) is 73.6 cm³/mol. The van der Waals surface area contributed by atoms with Crippen LogP contribution < -0.4 is 10.6 Å². The van der Waals surface area contributed by atoms with Gasteiger partial charge in [0.15, 0.2) is 5.82 Å². The van der Waals surface area contributed by atoms with Crippen molar-refractivity contribution in [3.8, 4) is 0 Å². The highest BCUT2D eigenvalue weighted by Crippen LogP contribution is 2.20. The maximum atomic E-state index is 8.75. The summed E-state index contributed by atoms with van der Waals surface area (Å²) in [5.41, 5.74) is 8.95. The number of aliphatic hydroxyl groups excluding tert-OH is 1. The lowest BCUT2D eigenvalue weighted by molar-refractivity contribution is 0.283. The third-order valence-corrected chi connectivity index (χ3v) is 3.28. The summed E-state index contributed by atoms with van der Waals surface area (Å²) in [6.07, 6.45) is 2.92. The average molecular weight is 252 g/mol. The molecule has 0 radical (unpaired) electrons. The van der Waals surface area contributed by atoms with E-state index in [4.69, 9.17) is 10.8 Å². The van der Waals surface area contributed by atoms with Gasteiger partial charge in [-0.3, -0.25) is 0 Å².